The normalized spacial score (nSPS) is 12.2. The Balaban J connectivity index is 2.06. The molecule has 1 heterocycles. The first-order valence-electron chi connectivity index (χ1n) is 9.59. The number of sulfonamides is 1. The van der Waals surface area contributed by atoms with Crippen LogP contribution in [0.15, 0.2) is 46.9 Å². The summed E-state index contributed by atoms with van der Waals surface area (Å²) in [7, 11) is -7.67. The van der Waals surface area contributed by atoms with Crippen molar-refractivity contribution in [1.29, 1.82) is 0 Å². The quantitative estimate of drug-likeness (QED) is 0.363. The number of furan rings is 1. The van der Waals surface area contributed by atoms with Crippen molar-refractivity contribution in [3.63, 3.8) is 0 Å². The van der Waals surface area contributed by atoms with Gasteiger partial charge in [0.1, 0.15) is 17.1 Å². The lowest BCUT2D eigenvalue weighted by Gasteiger charge is -2.06. The van der Waals surface area contributed by atoms with Gasteiger partial charge >= 0.3 is 0 Å². The summed E-state index contributed by atoms with van der Waals surface area (Å²) in [4.78, 5) is 13.3. The van der Waals surface area contributed by atoms with E-state index in [1.165, 1.54) is 24.3 Å². The van der Waals surface area contributed by atoms with Crippen molar-refractivity contribution in [3.8, 4) is 0 Å². The first-order valence-corrected chi connectivity index (χ1v) is 13.1. The van der Waals surface area contributed by atoms with Crippen molar-refractivity contribution in [3.05, 3.63) is 64.9 Å². The standard InChI is InChI=1S/C21H23NO7S2/c1-3-4-5-19-20(17-12-16(22-30(2,24)25)10-11-18(17)29-19)21(23)15-8-6-14(7-9-15)13-31(26,27)28/h6-12,22H,3-5,13H2,1-2H3,(H,26,27,28). The maximum atomic E-state index is 13.3. The number of carbonyl (C=O) groups is 1. The Morgan fingerprint density at radius 1 is 1.06 bits per heavy atom. The van der Waals surface area contributed by atoms with Crippen LogP contribution in [0.1, 0.15) is 47.0 Å². The Labute approximate surface area is 181 Å². The third-order valence-electron chi connectivity index (χ3n) is 4.61. The Hall–Kier alpha value is -2.69. The van der Waals surface area contributed by atoms with Crippen molar-refractivity contribution >= 4 is 42.6 Å². The van der Waals surface area contributed by atoms with Crippen molar-refractivity contribution in [1.82, 2.24) is 0 Å². The number of aryl methyl sites for hydroxylation is 1. The number of unbranched alkanes of at least 4 members (excludes halogenated alkanes) is 1. The molecule has 0 atom stereocenters. The minimum atomic E-state index is -4.18. The van der Waals surface area contributed by atoms with Crippen molar-refractivity contribution in [2.75, 3.05) is 11.0 Å². The van der Waals surface area contributed by atoms with E-state index in [0.29, 0.717) is 45.5 Å². The van der Waals surface area contributed by atoms with Crippen LogP contribution >= 0.6 is 0 Å². The molecule has 0 saturated carbocycles. The molecule has 0 spiro atoms. The number of anilines is 1. The van der Waals surface area contributed by atoms with E-state index in [0.717, 1.165) is 19.1 Å². The van der Waals surface area contributed by atoms with E-state index in [1.807, 2.05) is 6.92 Å². The first-order chi connectivity index (χ1) is 14.5. The number of nitrogens with one attached hydrogen (secondary N) is 1. The molecule has 1 aromatic heterocycles. The van der Waals surface area contributed by atoms with Crippen LogP contribution in [-0.4, -0.2) is 33.4 Å². The molecule has 2 aromatic carbocycles. The Morgan fingerprint density at radius 2 is 1.74 bits per heavy atom. The van der Waals surface area contributed by atoms with Crippen LogP contribution in [-0.2, 0) is 32.3 Å². The fourth-order valence-electron chi connectivity index (χ4n) is 3.30. The second kappa shape index (κ2) is 8.81. The lowest BCUT2D eigenvalue weighted by atomic mass is 9.97. The molecule has 0 aliphatic rings. The number of hydrogen-bond donors (Lipinski definition) is 2. The summed E-state index contributed by atoms with van der Waals surface area (Å²) in [6.07, 6.45) is 3.29. The van der Waals surface area contributed by atoms with Gasteiger partial charge in [-0.3, -0.25) is 14.1 Å². The highest BCUT2D eigenvalue weighted by molar-refractivity contribution is 7.92. The van der Waals surface area contributed by atoms with Gasteiger partial charge in [0.15, 0.2) is 5.78 Å². The number of hydrogen-bond acceptors (Lipinski definition) is 6. The van der Waals surface area contributed by atoms with Gasteiger partial charge in [-0.1, -0.05) is 37.6 Å². The average Bonchev–Trinajstić information content (AvgIpc) is 3.01. The monoisotopic (exact) mass is 465 g/mol. The molecule has 10 heteroatoms. The number of fused-ring (bicyclic) bond motifs is 1. The van der Waals surface area contributed by atoms with Gasteiger partial charge in [-0.15, -0.1) is 0 Å². The molecule has 0 bridgehead atoms. The van der Waals surface area contributed by atoms with E-state index in [1.54, 1.807) is 18.2 Å². The van der Waals surface area contributed by atoms with E-state index in [9.17, 15) is 21.6 Å². The lowest BCUT2D eigenvalue weighted by Crippen LogP contribution is -2.09. The molecule has 0 fully saturated rings. The van der Waals surface area contributed by atoms with E-state index in [-0.39, 0.29) is 5.78 Å². The number of rotatable bonds is 9. The largest absolute Gasteiger partial charge is 0.460 e. The van der Waals surface area contributed by atoms with Gasteiger partial charge in [0.2, 0.25) is 10.0 Å². The van der Waals surface area contributed by atoms with Gasteiger partial charge in [0.25, 0.3) is 10.1 Å². The van der Waals surface area contributed by atoms with E-state index >= 15 is 0 Å². The number of benzene rings is 2. The van der Waals surface area contributed by atoms with E-state index in [2.05, 4.69) is 4.72 Å². The Kier molecular flexibility index (Phi) is 6.54. The van der Waals surface area contributed by atoms with Crippen molar-refractivity contribution in [2.24, 2.45) is 0 Å². The van der Waals surface area contributed by atoms with Crippen LogP contribution in [0.3, 0.4) is 0 Å². The average molecular weight is 466 g/mol. The first kappa shape index (κ1) is 23.0. The zero-order valence-electron chi connectivity index (χ0n) is 17.1. The molecule has 8 nitrogen and oxygen atoms in total. The van der Waals surface area contributed by atoms with Gasteiger partial charge in [-0.2, -0.15) is 8.42 Å². The van der Waals surface area contributed by atoms with Gasteiger partial charge in [0.05, 0.1) is 11.8 Å². The predicted molar refractivity (Wildman–Crippen MR) is 118 cm³/mol. The zero-order valence-corrected chi connectivity index (χ0v) is 18.7. The molecule has 31 heavy (non-hydrogen) atoms. The molecular weight excluding hydrogens is 442 g/mol. The zero-order chi connectivity index (χ0) is 22.8. The van der Waals surface area contributed by atoms with Crippen molar-refractivity contribution in [2.45, 2.75) is 31.9 Å². The summed E-state index contributed by atoms with van der Waals surface area (Å²) in [6, 6.07) is 10.7. The van der Waals surface area contributed by atoms with Crippen LogP contribution in [0.25, 0.3) is 11.0 Å². The highest BCUT2D eigenvalue weighted by Crippen LogP contribution is 2.32. The van der Waals surface area contributed by atoms with Crippen LogP contribution in [0.2, 0.25) is 0 Å². The van der Waals surface area contributed by atoms with E-state index < -0.39 is 25.9 Å². The molecular formula is C21H23NO7S2. The molecule has 3 aromatic rings. The molecule has 0 amide bonds. The second-order valence-electron chi connectivity index (χ2n) is 7.34. The van der Waals surface area contributed by atoms with Crippen molar-refractivity contribution < 1.29 is 30.6 Å². The summed E-state index contributed by atoms with van der Waals surface area (Å²) in [6.45, 7) is 2.02. The highest BCUT2D eigenvalue weighted by Gasteiger charge is 2.22. The molecule has 0 aliphatic heterocycles. The van der Waals surface area contributed by atoms with Crippen LogP contribution < -0.4 is 4.72 Å². The molecule has 3 rings (SSSR count). The SMILES string of the molecule is CCCCc1oc2ccc(NS(C)(=O)=O)cc2c1C(=O)c1ccc(CS(=O)(=O)O)cc1. The maximum absolute atomic E-state index is 13.3. The predicted octanol–water partition coefficient (Wildman–Crippen LogP) is 3.77. The third-order valence-corrected chi connectivity index (χ3v) is 5.92. The summed E-state index contributed by atoms with van der Waals surface area (Å²) in [5.74, 6) is -0.349. The fourth-order valence-corrected chi connectivity index (χ4v) is 4.46. The second-order valence-corrected chi connectivity index (χ2v) is 10.5. The molecule has 2 N–H and O–H groups in total. The minimum Gasteiger partial charge on any atom is -0.460 e. The number of ketones is 1. The van der Waals surface area contributed by atoms with Gasteiger partial charge in [-0.25, -0.2) is 8.42 Å². The Bertz CT molecular complexity index is 1320. The summed E-state index contributed by atoms with van der Waals surface area (Å²) in [5.41, 5.74) is 1.80. The highest BCUT2D eigenvalue weighted by atomic mass is 32.2. The van der Waals surface area contributed by atoms with Crippen LogP contribution in [0.4, 0.5) is 5.69 Å². The molecule has 0 aliphatic carbocycles. The van der Waals surface area contributed by atoms with Gasteiger partial charge in [0, 0.05) is 23.1 Å². The van der Waals surface area contributed by atoms with Crippen LogP contribution in [0, 0.1) is 0 Å². The lowest BCUT2D eigenvalue weighted by molar-refractivity contribution is 0.103. The minimum absolute atomic E-state index is 0.315. The summed E-state index contributed by atoms with van der Waals surface area (Å²) >= 11 is 0. The molecule has 0 unspecified atom stereocenters. The van der Waals surface area contributed by atoms with Crippen LogP contribution in [0.5, 0.6) is 0 Å². The topological polar surface area (TPSA) is 131 Å². The third kappa shape index (κ3) is 5.93. The van der Waals surface area contributed by atoms with Gasteiger partial charge in [-0.05, 0) is 30.2 Å². The number of carbonyl (C=O) groups excluding carboxylic acids is 1. The molecule has 166 valence electrons. The maximum Gasteiger partial charge on any atom is 0.269 e. The summed E-state index contributed by atoms with van der Waals surface area (Å²) in [5, 5.41) is 0.492. The molecule has 0 radical (unpaired) electrons. The van der Waals surface area contributed by atoms with Gasteiger partial charge < -0.3 is 4.42 Å². The smallest absolute Gasteiger partial charge is 0.269 e. The fraction of sp³-hybridized carbons (Fsp3) is 0.286. The molecule has 0 saturated heterocycles. The van der Waals surface area contributed by atoms with E-state index in [4.69, 9.17) is 8.97 Å². The Morgan fingerprint density at radius 3 is 2.32 bits per heavy atom. The summed E-state index contributed by atoms with van der Waals surface area (Å²) < 4.78 is 62.6.